The monoisotopic (exact) mass is 533 g/mol. The number of rotatable bonds is 10. The molecule has 4 aromatic rings. The maximum absolute atomic E-state index is 14.0. The van der Waals surface area contributed by atoms with Gasteiger partial charge in [-0.25, -0.2) is 9.37 Å². The van der Waals surface area contributed by atoms with E-state index in [-0.39, 0.29) is 16.5 Å². The van der Waals surface area contributed by atoms with Gasteiger partial charge in [0.05, 0.1) is 27.7 Å². The number of amides is 1. The van der Waals surface area contributed by atoms with Crippen molar-refractivity contribution < 1.29 is 9.18 Å². The molecule has 0 aliphatic rings. The lowest BCUT2D eigenvalue weighted by atomic mass is 10.0. The van der Waals surface area contributed by atoms with Crippen molar-refractivity contribution in [3.63, 3.8) is 0 Å². The average molecular weight is 534 g/mol. The summed E-state index contributed by atoms with van der Waals surface area (Å²) in [4.78, 5) is 34.3. The van der Waals surface area contributed by atoms with Crippen molar-refractivity contribution >= 4 is 28.4 Å². The van der Waals surface area contributed by atoms with E-state index < -0.39 is 11.9 Å². The predicted molar refractivity (Wildman–Crippen MR) is 151 cm³/mol. The number of para-hydroxylation sites is 1. The van der Waals surface area contributed by atoms with Crippen molar-refractivity contribution in [2.45, 2.75) is 52.5 Å². The van der Waals surface area contributed by atoms with Gasteiger partial charge in [-0.2, -0.15) is 0 Å². The fourth-order valence-corrected chi connectivity index (χ4v) is 4.86. The topological polar surface area (TPSA) is 55.2 Å². The molecule has 0 aliphatic heterocycles. The fraction of sp³-hybridized carbons (Fsp3) is 0.323. The zero-order valence-electron chi connectivity index (χ0n) is 22.0. The van der Waals surface area contributed by atoms with Crippen LogP contribution in [0.15, 0.2) is 77.6 Å². The van der Waals surface area contributed by atoms with Crippen LogP contribution in [-0.4, -0.2) is 26.9 Å². The van der Waals surface area contributed by atoms with Gasteiger partial charge in [-0.15, -0.1) is 0 Å². The van der Waals surface area contributed by atoms with Crippen LogP contribution >= 0.6 is 11.6 Å². The summed E-state index contributed by atoms with van der Waals surface area (Å²) in [7, 11) is 0. The summed E-state index contributed by atoms with van der Waals surface area (Å²) >= 11 is 6.12. The molecule has 1 aromatic heterocycles. The van der Waals surface area contributed by atoms with Crippen LogP contribution in [0.3, 0.4) is 0 Å². The third kappa shape index (κ3) is 6.13. The molecule has 0 N–H and O–H groups in total. The summed E-state index contributed by atoms with van der Waals surface area (Å²) in [6, 6.07) is 20.8. The van der Waals surface area contributed by atoms with E-state index in [1.807, 2.05) is 48.2 Å². The SMILES string of the molecule is CCC(c1nc2ccccc2c(=O)n1-c1ccc(F)c(Cl)c1)N(CCC(C)C)C(=O)CCc1ccccc1. The Balaban J connectivity index is 1.83. The molecular weight excluding hydrogens is 501 g/mol. The van der Waals surface area contributed by atoms with Crippen molar-refractivity contribution in [2.24, 2.45) is 5.92 Å². The molecule has 0 saturated heterocycles. The van der Waals surface area contributed by atoms with Gasteiger partial charge in [0.2, 0.25) is 5.91 Å². The summed E-state index contributed by atoms with van der Waals surface area (Å²) < 4.78 is 15.5. The third-order valence-electron chi connectivity index (χ3n) is 6.76. The van der Waals surface area contributed by atoms with Crippen LogP contribution in [0.5, 0.6) is 0 Å². The minimum absolute atomic E-state index is 0.00690. The molecular formula is C31H33ClFN3O2. The quantitative estimate of drug-likeness (QED) is 0.218. The molecule has 0 radical (unpaired) electrons. The van der Waals surface area contributed by atoms with Gasteiger partial charge in [-0.05, 0) is 61.1 Å². The highest BCUT2D eigenvalue weighted by Crippen LogP contribution is 2.29. The molecule has 1 amide bonds. The highest BCUT2D eigenvalue weighted by atomic mass is 35.5. The highest BCUT2D eigenvalue weighted by Gasteiger charge is 2.29. The second-order valence-corrected chi connectivity index (χ2v) is 10.3. The van der Waals surface area contributed by atoms with Crippen molar-refractivity contribution in [2.75, 3.05) is 6.54 Å². The molecule has 38 heavy (non-hydrogen) atoms. The van der Waals surface area contributed by atoms with Gasteiger partial charge in [-0.1, -0.05) is 74.8 Å². The Morgan fingerprint density at radius 1 is 1.05 bits per heavy atom. The van der Waals surface area contributed by atoms with Crippen LogP contribution in [-0.2, 0) is 11.2 Å². The Kier molecular flexibility index (Phi) is 8.95. The number of nitrogens with zero attached hydrogens (tertiary/aromatic N) is 3. The van der Waals surface area contributed by atoms with E-state index in [1.165, 1.54) is 22.8 Å². The summed E-state index contributed by atoms with van der Waals surface area (Å²) in [6.45, 7) is 6.77. The van der Waals surface area contributed by atoms with Crippen molar-refractivity contribution in [3.05, 3.63) is 105 Å². The Hall–Kier alpha value is -3.51. The molecule has 4 rings (SSSR count). The zero-order chi connectivity index (χ0) is 27.2. The summed E-state index contributed by atoms with van der Waals surface area (Å²) in [5, 5.41) is 0.354. The van der Waals surface area contributed by atoms with E-state index in [0.29, 0.717) is 54.1 Å². The number of benzene rings is 3. The average Bonchev–Trinajstić information content (AvgIpc) is 2.92. The lowest BCUT2D eigenvalue weighted by molar-refractivity contribution is -0.134. The van der Waals surface area contributed by atoms with Gasteiger partial charge in [0.1, 0.15) is 11.6 Å². The van der Waals surface area contributed by atoms with Gasteiger partial charge >= 0.3 is 0 Å². The van der Waals surface area contributed by atoms with Crippen molar-refractivity contribution in [3.8, 4) is 5.69 Å². The molecule has 3 aromatic carbocycles. The standard InChI is InChI=1S/C31H33ClFN3O2/c1-4-28(35(19-18-21(2)3)29(37)17-14-22-10-6-5-7-11-22)30-34-27-13-9-8-12-24(27)31(38)36(30)23-15-16-26(33)25(32)20-23/h5-13,15-16,20-21,28H,4,14,17-19H2,1-3H3. The number of carbonyl (C=O) groups is 1. The van der Waals surface area contributed by atoms with E-state index >= 15 is 0 Å². The highest BCUT2D eigenvalue weighted by molar-refractivity contribution is 6.30. The summed E-state index contributed by atoms with van der Waals surface area (Å²) in [5.74, 6) is 0.267. The van der Waals surface area contributed by atoms with Crippen LogP contribution < -0.4 is 5.56 Å². The van der Waals surface area contributed by atoms with Crippen molar-refractivity contribution in [1.29, 1.82) is 0 Å². The Bertz CT molecular complexity index is 1470. The first kappa shape index (κ1) is 27.5. The normalized spacial score (nSPS) is 12.2. The number of carbonyl (C=O) groups excluding carboxylic acids is 1. The van der Waals surface area contributed by atoms with E-state index in [0.717, 1.165) is 12.0 Å². The molecule has 0 aliphatic carbocycles. The molecule has 7 heteroatoms. The molecule has 198 valence electrons. The van der Waals surface area contributed by atoms with Gasteiger partial charge in [-0.3, -0.25) is 14.2 Å². The summed E-state index contributed by atoms with van der Waals surface area (Å²) in [5.41, 5.74) is 1.77. The van der Waals surface area contributed by atoms with E-state index in [4.69, 9.17) is 16.6 Å². The predicted octanol–water partition coefficient (Wildman–Crippen LogP) is 7.14. The number of halogens is 2. The zero-order valence-corrected chi connectivity index (χ0v) is 22.8. The molecule has 1 unspecified atom stereocenters. The van der Waals surface area contributed by atoms with E-state index in [1.54, 1.807) is 18.2 Å². The second-order valence-electron chi connectivity index (χ2n) is 9.91. The largest absolute Gasteiger partial charge is 0.332 e. The minimum Gasteiger partial charge on any atom is -0.332 e. The number of hydrogen-bond acceptors (Lipinski definition) is 3. The van der Waals surface area contributed by atoms with Crippen LogP contribution in [0.25, 0.3) is 16.6 Å². The maximum Gasteiger partial charge on any atom is 0.266 e. The van der Waals surface area contributed by atoms with Crippen LogP contribution in [0.2, 0.25) is 5.02 Å². The van der Waals surface area contributed by atoms with Gasteiger partial charge in [0.25, 0.3) is 5.56 Å². The lowest BCUT2D eigenvalue weighted by Crippen LogP contribution is -2.39. The van der Waals surface area contributed by atoms with E-state index in [2.05, 4.69) is 13.8 Å². The minimum atomic E-state index is -0.569. The Morgan fingerprint density at radius 2 is 1.76 bits per heavy atom. The Labute approximate surface area is 227 Å². The molecule has 1 heterocycles. The number of aryl methyl sites for hydroxylation is 1. The molecule has 0 fully saturated rings. The fourth-order valence-electron chi connectivity index (χ4n) is 4.68. The van der Waals surface area contributed by atoms with Crippen LogP contribution in [0.4, 0.5) is 4.39 Å². The van der Waals surface area contributed by atoms with Gasteiger partial charge in [0.15, 0.2) is 0 Å². The first-order valence-corrected chi connectivity index (χ1v) is 13.5. The van der Waals surface area contributed by atoms with Crippen LogP contribution in [0.1, 0.15) is 57.5 Å². The molecule has 0 bridgehead atoms. The first-order valence-electron chi connectivity index (χ1n) is 13.1. The van der Waals surface area contributed by atoms with Gasteiger partial charge < -0.3 is 4.90 Å². The maximum atomic E-state index is 14.0. The number of aromatic nitrogens is 2. The Morgan fingerprint density at radius 3 is 2.45 bits per heavy atom. The molecule has 1 atom stereocenters. The van der Waals surface area contributed by atoms with Gasteiger partial charge in [0, 0.05) is 13.0 Å². The number of fused-ring (bicyclic) bond motifs is 1. The molecule has 0 saturated carbocycles. The second kappa shape index (κ2) is 12.4. The summed E-state index contributed by atoms with van der Waals surface area (Å²) in [6.07, 6.45) is 2.33. The smallest absolute Gasteiger partial charge is 0.266 e. The lowest BCUT2D eigenvalue weighted by Gasteiger charge is -2.33. The van der Waals surface area contributed by atoms with Crippen molar-refractivity contribution in [1.82, 2.24) is 14.5 Å². The first-order chi connectivity index (χ1) is 18.3. The number of hydrogen-bond donors (Lipinski definition) is 0. The molecule has 0 spiro atoms. The van der Waals surface area contributed by atoms with Crippen LogP contribution in [0, 0.1) is 11.7 Å². The molecule has 5 nitrogen and oxygen atoms in total. The van der Waals surface area contributed by atoms with E-state index in [9.17, 15) is 14.0 Å². The third-order valence-corrected chi connectivity index (χ3v) is 7.05.